The lowest BCUT2D eigenvalue weighted by atomic mass is 10.1. The van der Waals surface area contributed by atoms with Crippen LogP contribution in [0.1, 0.15) is 19.8 Å². The number of hydrogen-bond donors (Lipinski definition) is 0. The van der Waals surface area contributed by atoms with E-state index in [1.165, 1.54) is 10.1 Å². The molecule has 0 aromatic heterocycles. The van der Waals surface area contributed by atoms with Gasteiger partial charge in [-0.3, -0.25) is 4.99 Å². The van der Waals surface area contributed by atoms with Gasteiger partial charge in [-0.05, 0) is 41.3 Å². The number of aliphatic imine (C=N–C) groups is 1. The van der Waals surface area contributed by atoms with E-state index in [0.29, 0.717) is 0 Å². The Balaban J connectivity index is 2.49. The highest BCUT2D eigenvalue weighted by Crippen LogP contribution is 2.24. The molecular formula is C8H11BrClN. The zero-order valence-corrected chi connectivity index (χ0v) is 8.87. The van der Waals surface area contributed by atoms with E-state index in [-0.39, 0.29) is 0 Å². The van der Waals surface area contributed by atoms with Gasteiger partial charge in [0, 0.05) is 16.1 Å². The third-order valence-electron chi connectivity index (χ3n) is 1.75. The molecule has 1 heterocycles. The summed E-state index contributed by atoms with van der Waals surface area (Å²) in [5.41, 5.74) is 2.51. The minimum absolute atomic E-state index is 0.739. The normalized spacial score (nSPS) is 17.5. The molecule has 0 radical (unpaired) electrons. The van der Waals surface area contributed by atoms with Gasteiger partial charge >= 0.3 is 0 Å². The molecule has 1 nitrogen and oxygen atoms in total. The zero-order chi connectivity index (χ0) is 8.27. The van der Waals surface area contributed by atoms with Crippen LogP contribution < -0.4 is 0 Å². The van der Waals surface area contributed by atoms with Crippen LogP contribution in [-0.2, 0) is 0 Å². The van der Waals surface area contributed by atoms with E-state index in [1.54, 1.807) is 0 Å². The molecule has 3 heteroatoms. The predicted octanol–water partition coefficient (Wildman–Crippen LogP) is 3.13. The number of rotatable bonds is 3. The summed E-state index contributed by atoms with van der Waals surface area (Å²) in [4.78, 5) is 4.30. The van der Waals surface area contributed by atoms with Crippen molar-refractivity contribution in [3.63, 3.8) is 0 Å². The van der Waals surface area contributed by atoms with E-state index in [9.17, 15) is 0 Å². The minimum atomic E-state index is 0.739. The van der Waals surface area contributed by atoms with Crippen LogP contribution in [0.25, 0.3) is 0 Å². The highest BCUT2D eigenvalue weighted by Gasteiger charge is 2.12. The molecule has 0 aliphatic carbocycles. The molecule has 0 N–H and O–H groups in total. The summed E-state index contributed by atoms with van der Waals surface area (Å²) in [6, 6.07) is 0. The smallest absolute Gasteiger partial charge is 0.0617 e. The Morgan fingerprint density at radius 1 is 1.64 bits per heavy atom. The molecule has 0 saturated heterocycles. The molecule has 0 spiro atoms. The highest BCUT2D eigenvalue weighted by molar-refractivity contribution is 9.12. The van der Waals surface area contributed by atoms with E-state index in [4.69, 9.17) is 11.6 Å². The van der Waals surface area contributed by atoms with Crippen molar-refractivity contribution < 1.29 is 0 Å². The summed E-state index contributed by atoms with van der Waals surface area (Å²) < 4.78 is 1.20. The van der Waals surface area contributed by atoms with Crippen molar-refractivity contribution in [1.82, 2.24) is 0 Å². The van der Waals surface area contributed by atoms with E-state index < -0.39 is 0 Å². The average Bonchev–Trinajstić information content (AvgIpc) is 2.31. The molecule has 0 fully saturated rings. The van der Waals surface area contributed by atoms with Crippen LogP contribution in [0.3, 0.4) is 0 Å². The van der Waals surface area contributed by atoms with Gasteiger partial charge < -0.3 is 0 Å². The number of allylic oxidation sites excluding steroid dienone is 1. The van der Waals surface area contributed by atoms with Crippen LogP contribution >= 0.6 is 27.5 Å². The molecule has 0 atom stereocenters. The third-order valence-corrected chi connectivity index (χ3v) is 3.15. The maximum absolute atomic E-state index is 5.59. The molecule has 0 bridgehead atoms. The fourth-order valence-electron chi connectivity index (χ4n) is 1.08. The first-order valence-electron chi connectivity index (χ1n) is 3.70. The van der Waals surface area contributed by atoms with Crippen LogP contribution in [0.15, 0.2) is 15.0 Å². The fourth-order valence-corrected chi connectivity index (χ4v) is 1.66. The van der Waals surface area contributed by atoms with Crippen molar-refractivity contribution in [1.29, 1.82) is 0 Å². The molecule has 1 rings (SSSR count). The van der Waals surface area contributed by atoms with Crippen LogP contribution in [0.2, 0.25) is 0 Å². The van der Waals surface area contributed by atoms with Gasteiger partial charge in [-0.25, -0.2) is 0 Å². The predicted molar refractivity (Wildman–Crippen MR) is 53.9 cm³/mol. The van der Waals surface area contributed by atoms with E-state index >= 15 is 0 Å². The monoisotopic (exact) mass is 235 g/mol. The van der Waals surface area contributed by atoms with Gasteiger partial charge in [0.15, 0.2) is 0 Å². The van der Waals surface area contributed by atoms with E-state index in [2.05, 4.69) is 20.9 Å². The van der Waals surface area contributed by atoms with Crippen molar-refractivity contribution in [2.24, 2.45) is 4.99 Å². The number of halogens is 2. The maximum atomic E-state index is 5.59. The number of nitrogens with zero attached hydrogens (tertiary/aromatic N) is 1. The quantitative estimate of drug-likeness (QED) is 0.668. The Labute approximate surface area is 80.7 Å². The Morgan fingerprint density at radius 2 is 2.36 bits per heavy atom. The Kier molecular flexibility index (Phi) is 3.60. The Hall–Kier alpha value is 0.180. The summed E-state index contributed by atoms with van der Waals surface area (Å²) in [6.07, 6.45) is 2.12. The van der Waals surface area contributed by atoms with Crippen molar-refractivity contribution in [3.05, 3.63) is 10.1 Å². The third kappa shape index (κ3) is 2.31. The van der Waals surface area contributed by atoms with Crippen molar-refractivity contribution in [2.75, 3.05) is 12.4 Å². The van der Waals surface area contributed by atoms with Gasteiger partial charge in [-0.15, -0.1) is 11.6 Å². The molecule has 0 aromatic rings. The second-order valence-corrected chi connectivity index (χ2v) is 3.78. The van der Waals surface area contributed by atoms with Gasteiger partial charge in [0.2, 0.25) is 0 Å². The molecular weight excluding hydrogens is 225 g/mol. The Morgan fingerprint density at radius 3 is 2.82 bits per heavy atom. The van der Waals surface area contributed by atoms with Gasteiger partial charge in [0.1, 0.15) is 0 Å². The first kappa shape index (κ1) is 9.27. The van der Waals surface area contributed by atoms with Crippen molar-refractivity contribution >= 4 is 33.2 Å². The molecule has 0 unspecified atom stereocenters. The van der Waals surface area contributed by atoms with E-state index in [0.717, 1.165) is 31.0 Å². The lowest BCUT2D eigenvalue weighted by Gasteiger charge is -1.98. The molecule has 0 aromatic carbocycles. The lowest BCUT2D eigenvalue weighted by molar-refractivity contribution is 0.890. The standard InChI is InChI=1S/C8H11BrClN/c1-6-8(9)7(5-11-6)3-2-4-10/h2-5H2,1H3. The second-order valence-electron chi connectivity index (χ2n) is 2.61. The fraction of sp³-hybridized carbons (Fsp3) is 0.625. The average molecular weight is 237 g/mol. The largest absolute Gasteiger partial charge is 0.284 e. The first-order valence-corrected chi connectivity index (χ1v) is 5.03. The van der Waals surface area contributed by atoms with Gasteiger partial charge in [-0.1, -0.05) is 0 Å². The minimum Gasteiger partial charge on any atom is -0.284 e. The summed E-state index contributed by atoms with van der Waals surface area (Å²) >= 11 is 9.09. The second kappa shape index (κ2) is 4.27. The summed E-state index contributed by atoms with van der Waals surface area (Å²) in [5, 5.41) is 0. The molecule has 62 valence electrons. The lowest BCUT2D eigenvalue weighted by Crippen LogP contribution is -1.89. The van der Waals surface area contributed by atoms with Crippen LogP contribution in [0, 0.1) is 0 Å². The molecule has 1 aliphatic rings. The van der Waals surface area contributed by atoms with Crippen LogP contribution in [0.5, 0.6) is 0 Å². The molecule has 0 amide bonds. The van der Waals surface area contributed by atoms with Crippen LogP contribution in [0.4, 0.5) is 0 Å². The van der Waals surface area contributed by atoms with Crippen molar-refractivity contribution in [3.8, 4) is 0 Å². The maximum Gasteiger partial charge on any atom is 0.0617 e. The van der Waals surface area contributed by atoms with E-state index in [1.807, 2.05) is 6.92 Å². The summed E-state index contributed by atoms with van der Waals surface area (Å²) in [7, 11) is 0. The molecule has 1 aliphatic heterocycles. The number of alkyl halides is 1. The van der Waals surface area contributed by atoms with Crippen LogP contribution in [-0.4, -0.2) is 18.1 Å². The highest BCUT2D eigenvalue weighted by atomic mass is 79.9. The van der Waals surface area contributed by atoms with Gasteiger partial charge in [0.25, 0.3) is 0 Å². The molecule has 11 heavy (non-hydrogen) atoms. The number of hydrogen-bond acceptors (Lipinski definition) is 1. The van der Waals surface area contributed by atoms with Gasteiger partial charge in [0.05, 0.1) is 6.54 Å². The zero-order valence-electron chi connectivity index (χ0n) is 6.53. The molecule has 0 saturated carbocycles. The SMILES string of the molecule is CC1=NCC(CCCCl)=C1Br. The summed E-state index contributed by atoms with van der Waals surface area (Å²) in [5.74, 6) is 0.739. The van der Waals surface area contributed by atoms with Gasteiger partial charge in [-0.2, -0.15) is 0 Å². The first-order chi connectivity index (χ1) is 5.25. The topological polar surface area (TPSA) is 12.4 Å². The Bertz CT molecular complexity index is 208. The summed E-state index contributed by atoms with van der Waals surface area (Å²) in [6.45, 7) is 2.89. The van der Waals surface area contributed by atoms with Crippen molar-refractivity contribution in [2.45, 2.75) is 19.8 Å².